The van der Waals surface area contributed by atoms with E-state index in [2.05, 4.69) is 58.0 Å². The molecule has 10 heteroatoms. The minimum absolute atomic E-state index is 0.0163. The number of hydrogen-bond acceptors (Lipinski definition) is 6. The third-order valence-corrected chi connectivity index (χ3v) is 7.34. The Morgan fingerprint density at radius 1 is 1.02 bits per heavy atom. The molecule has 43 heavy (non-hydrogen) atoms. The molecule has 224 valence electrons. The van der Waals surface area contributed by atoms with Gasteiger partial charge < -0.3 is 15.6 Å². The number of ether oxygens (including phenoxy) is 1. The topological polar surface area (TPSA) is 120 Å². The van der Waals surface area contributed by atoms with Crippen LogP contribution in [0.4, 0.5) is 4.79 Å². The highest BCUT2D eigenvalue weighted by molar-refractivity contribution is 6.30. The van der Waals surface area contributed by atoms with Crippen molar-refractivity contribution < 1.29 is 24.6 Å². The van der Waals surface area contributed by atoms with Crippen LogP contribution in [0.2, 0.25) is 5.02 Å². The Morgan fingerprint density at radius 2 is 1.72 bits per heavy atom. The first-order valence-electron chi connectivity index (χ1n) is 14.0. The molecule has 0 unspecified atom stereocenters. The molecule has 0 aliphatic carbocycles. The average molecular weight is 603 g/mol. The van der Waals surface area contributed by atoms with E-state index in [0.29, 0.717) is 28.5 Å². The van der Waals surface area contributed by atoms with Crippen LogP contribution in [0.5, 0.6) is 5.75 Å². The number of carbonyl (C=O) groups is 2. The van der Waals surface area contributed by atoms with E-state index in [1.165, 1.54) is 17.2 Å². The molecule has 1 aliphatic heterocycles. The van der Waals surface area contributed by atoms with Crippen LogP contribution in [0.3, 0.4) is 0 Å². The number of hydroxylamine groups is 2. The maximum absolute atomic E-state index is 11.2. The van der Waals surface area contributed by atoms with Crippen LogP contribution in [-0.4, -0.2) is 83.1 Å². The number of aliphatic carboxylic acids is 1. The van der Waals surface area contributed by atoms with Gasteiger partial charge in [0, 0.05) is 61.4 Å². The number of carbonyl (C=O) groups excluding carboxylic acids is 1. The second-order valence-electron chi connectivity index (χ2n) is 10.0. The number of nitrogens with two attached hydrogens (primary N) is 1. The Balaban J connectivity index is 1.34. The van der Waals surface area contributed by atoms with Gasteiger partial charge in [-0.05, 0) is 47.5 Å². The van der Waals surface area contributed by atoms with Gasteiger partial charge in [-0.15, -0.1) is 0 Å². The standard InChI is InChI=1S/C33H35ClN4O5/c34-29-13-10-27(11-14-29)32(26-7-2-1-3-8-26)37-20-18-36(19-21-37)22-23-43-30-15-9-25(24-28(30)12-16-31(39)40)6-4-5-17-38(42)33(35)41/h1-3,7-16,24,32,42H,5,17-23H2,(H2,35,41)(H,39,40)/t32-/m1/s1. The summed E-state index contributed by atoms with van der Waals surface area (Å²) in [7, 11) is 0. The number of benzene rings is 3. The smallest absolute Gasteiger partial charge is 0.338 e. The first-order chi connectivity index (χ1) is 20.8. The summed E-state index contributed by atoms with van der Waals surface area (Å²) in [5, 5.41) is 19.6. The number of rotatable bonds is 11. The predicted octanol–water partition coefficient (Wildman–Crippen LogP) is 4.74. The summed E-state index contributed by atoms with van der Waals surface area (Å²) in [6, 6.07) is 23.1. The van der Waals surface area contributed by atoms with Crippen molar-refractivity contribution >= 4 is 29.7 Å². The molecule has 1 saturated heterocycles. The molecule has 0 bridgehead atoms. The van der Waals surface area contributed by atoms with Gasteiger partial charge in [-0.25, -0.2) is 14.7 Å². The maximum atomic E-state index is 11.2. The second-order valence-corrected chi connectivity index (χ2v) is 10.5. The lowest BCUT2D eigenvalue weighted by Crippen LogP contribution is -2.48. The Kier molecular flexibility index (Phi) is 11.6. The number of urea groups is 1. The molecule has 1 heterocycles. The van der Waals surface area contributed by atoms with Crippen molar-refractivity contribution in [2.45, 2.75) is 12.5 Å². The third kappa shape index (κ3) is 9.60. The molecule has 1 aliphatic rings. The van der Waals surface area contributed by atoms with Crippen LogP contribution in [-0.2, 0) is 4.79 Å². The monoisotopic (exact) mass is 602 g/mol. The fraction of sp³-hybridized carbons (Fsp3) is 0.273. The summed E-state index contributed by atoms with van der Waals surface area (Å²) in [5.74, 6) is 5.30. The molecule has 9 nitrogen and oxygen atoms in total. The zero-order valence-corrected chi connectivity index (χ0v) is 24.5. The SMILES string of the molecule is NC(=O)N(O)CCC#Cc1ccc(OCCN2CCN([C@H](c3ccccc3)c3ccc(Cl)cc3)CC2)c(C=CC(=O)O)c1. The highest BCUT2D eigenvalue weighted by atomic mass is 35.5. The van der Waals surface area contributed by atoms with Crippen LogP contribution in [0.1, 0.15) is 34.7 Å². The summed E-state index contributed by atoms with van der Waals surface area (Å²) in [6.07, 6.45) is 2.75. The lowest BCUT2D eigenvalue weighted by Gasteiger charge is -2.39. The molecular weight excluding hydrogens is 568 g/mol. The van der Waals surface area contributed by atoms with Gasteiger partial charge in [0.2, 0.25) is 0 Å². The molecule has 1 fully saturated rings. The van der Waals surface area contributed by atoms with Gasteiger partial charge in [0.05, 0.1) is 12.6 Å². The lowest BCUT2D eigenvalue weighted by molar-refractivity contribution is -0.131. The second kappa shape index (κ2) is 15.8. The minimum atomic E-state index is -1.07. The van der Waals surface area contributed by atoms with E-state index < -0.39 is 12.0 Å². The van der Waals surface area contributed by atoms with E-state index in [-0.39, 0.29) is 19.0 Å². The third-order valence-electron chi connectivity index (χ3n) is 7.09. The molecule has 0 aromatic heterocycles. The number of nitrogens with zero attached hydrogens (tertiary/aromatic N) is 3. The minimum Gasteiger partial charge on any atom is -0.492 e. The first kappa shape index (κ1) is 31.6. The molecule has 1 atom stereocenters. The number of piperazine rings is 1. The molecular formula is C33H35ClN4O5. The molecule has 3 aromatic rings. The quantitative estimate of drug-likeness (QED) is 0.126. The van der Waals surface area contributed by atoms with Crippen LogP contribution >= 0.6 is 11.6 Å². The van der Waals surface area contributed by atoms with E-state index in [9.17, 15) is 14.8 Å². The van der Waals surface area contributed by atoms with E-state index in [0.717, 1.165) is 43.8 Å². The highest BCUT2D eigenvalue weighted by Gasteiger charge is 2.26. The molecule has 2 amide bonds. The normalized spacial score (nSPS) is 14.6. The van der Waals surface area contributed by atoms with E-state index in [4.69, 9.17) is 27.2 Å². The maximum Gasteiger partial charge on any atom is 0.338 e. The summed E-state index contributed by atoms with van der Waals surface area (Å²) in [6.45, 7) is 4.73. The molecule has 0 saturated carbocycles. The zero-order valence-electron chi connectivity index (χ0n) is 23.7. The summed E-state index contributed by atoms with van der Waals surface area (Å²) < 4.78 is 6.08. The Morgan fingerprint density at radius 3 is 2.40 bits per heavy atom. The highest BCUT2D eigenvalue weighted by Crippen LogP contribution is 2.30. The molecule has 3 aromatic carbocycles. The van der Waals surface area contributed by atoms with Gasteiger partial charge in [-0.1, -0.05) is 65.9 Å². The summed E-state index contributed by atoms with van der Waals surface area (Å²) in [5.41, 5.74) is 8.68. The number of hydrogen-bond donors (Lipinski definition) is 3. The van der Waals surface area contributed by atoms with Gasteiger partial charge in [-0.3, -0.25) is 15.0 Å². The van der Waals surface area contributed by atoms with Gasteiger partial charge >= 0.3 is 12.0 Å². The number of primary amides is 1. The van der Waals surface area contributed by atoms with Crippen LogP contribution in [0.25, 0.3) is 6.08 Å². The number of carboxylic acid groups (broad SMARTS) is 1. The van der Waals surface area contributed by atoms with Crippen molar-refractivity contribution in [3.05, 3.63) is 106 Å². The van der Waals surface area contributed by atoms with Gasteiger partial charge in [0.25, 0.3) is 0 Å². The van der Waals surface area contributed by atoms with Crippen molar-refractivity contribution in [2.24, 2.45) is 5.73 Å². The first-order valence-corrected chi connectivity index (χ1v) is 14.4. The fourth-order valence-corrected chi connectivity index (χ4v) is 5.04. The van der Waals surface area contributed by atoms with E-state index in [1.807, 2.05) is 18.2 Å². The van der Waals surface area contributed by atoms with Crippen molar-refractivity contribution in [1.82, 2.24) is 14.9 Å². The predicted molar refractivity (Wildman–Crippen MR) is 166 cm³/mol. The molecule has 0 spiro atoms. The lowest BCUT2D eigenvalue weighted by atomic mass is 9.96. The van der Waals surface area contributed by atoms with Crippen molar-refractivity contribution in [2.75, 3.05) is 45.9 Å². The Bertz CT molecular complexity index is 1460. The number of amides is 2. The van der Waals surface area contributed by atoms with Gasteiger partial charge in [0.1, 0.15) is 12.4 Å². The summed E-state index contributed by atoms with van der Waals surface area (Å²) >= 11 is 6.16. The summed E-state index contributed by atoms with van der Waals surface area (Å²) in [4.78, 5) is 26.9. The Labute approximate surface area is 256 Å². The molecule has 4 N–H and O–H groups in total. The largest absolute Gasteiger partial charge is 0.492 e. The molecule has 0 radical (unpaired) electrons. The molecule has 4 rings (SSSR count). The zero-order chi connectivity index (χ0) is 30.6. The van der Waals surface area contributed by atoms with Crippen LogP contribution in [0.15, 0.2) is 78.9 Å². The van der Waals surface area contributed by atoms with Gasteiger partial charge in [0.15, 0.2) is 0 Å². The van der Waals surface area contributed by atoms with Crippen molar-refractivity contribution in [1.29, 1.82) is 0 Å². The number of carboxylic acids is 1. The fourth-order valence-electron chi connectivity index (χ4n) is 4.91. The van der Waals surface area contributed by atoms with E-state index >= 15 is 0 Å². The average Bonchev–Trinajstić information content (AvgIpc) is 3.01. The van der Waals surface area contributed by atoms with E-state index in [1.54, 1.807) is 18.2 Å². The van der Waals surface area contributed by atoms with Crippen molar-refractivity contribution in [3.8, 4) is 17.6 Å². The van der Waals surface area contributed by atoms with Crippen molar-refractivity contribution in [3.63, 3.8) is 0 Å². The number of halogens is 1. The Hall–Kier alpha value is -4.33. The van der Waals surface area contributed by atoms with Gasteiger partial charge in [-0.2, -0.15) is 0 Å². The van der Waals surface area contributed by atoms with Crippen LogP contribution in [0, 0.1) is 11.8 Å². The van der Waals surface area contributed by atoms with Crippen LogP contribution < -0.4 is 10.5 Å².